The third-order valence-corrected chi connectivity index (χ3v) is 5.52. The van der Waals surface area contributed by atoms with Gasteiger partial charge in [0, 0.05) is 4.88 Å². The fourth-order valence-corrected chi connectivity index (χ4v) is 4.08. The van der Waals surface area contributed by atoms with Gasteiger partial charge in [-0.3, -0.25) is 0 Å². The molecule has 0 spiro atoms. The Morgan fingerprint density at radius 3 is 2.44 bits per heavy atom. The minimum absolute atomic E-state index is 0.336. The van der Waals surface area contributed by atoms with Crippen LogP contribution in [0, 0.1) is 0 Å². The van der Waals surface area contributed by atoms with Gasteiger partial charge in [0.2, 0.25) is 0 Å². The van der Waals surface area contributed by atoms with Gasteiger partial charge in [0.25, 0.3) is 0 Å². The quantitative estimate of drug-likeness (QED) is 0.615. The van der Waals surface area contributed by atoms with Crippen LogP contribution in [0.4, 0.5) is 0 Å². The van der Waals surface area contributed by atoms with Crippen molar-refractivity contribution in [2.45, 2.75) is 37.9 Å². The maximum absolute atomic E-state index is 3.84. The zero-order valence-corrected chi connectivity index (χ0v) is 13.4. The Morgan fingerprint density at radius 1 is 1.11 bits per heavy atom. The molecule has 1 heterocycles. The maximum Gasteiger partial charge on any atom is 0.0740 e. The Morgan fingerprint density at radius 2 is 1.83 bits per heavy atom. The molecule has 0 saturated heterocycles. The predicted molar refractivity (Wildman–Crippen MR) is 84.9 cm³/mol. The number of hydrogen-bond acceptors (Lipinski definition) is 1. The monoisotopic (exact) mass is 322 g/mol. The average molecular weight is 323 g/mol. The summed E-state index contributed by atoms with van der Waals surface area (Å²) in [7, 11) is 0. The molecule has 0 amide bonds. The fourth-order valence-electron chi connectivity index (χ4n) is 2.16. The molecule has 0 bridgehead atoms. The van der Waals surface area contributed by atoms with Crippen LogP contribution in [0.15, 0.2) is 35.7 Å². The Bertz CT molecular complexity index is 484. The summed E-state index contributed by atoms with van der Waals surface area (Å²) in [5.41, 5.74) is 4.24. The fraction of sp³-hybridized carbons (Fsp3) is 0.375. The molecule has 18 heavy (non-hydrogen) atoms. The zero-order chi connectivity index (χ0) is 13.0. The zero-order valence-electron chi connectivity index (χ0n) is 10.9. The van der Waals surface area contributed by atoms with Crippen molar-refractivity contribution in [1.82, 2.24) is 0 Å². The minimum atomic E-state index is 0.336. The predicted octanol–water partition coefficient (Wildman–Crippen LogP) is 5.75. The molecule has 1 aromatic carbocycles. The number of rotatable bonds is 5. The Hall–Kier alpha value is -0.600. The van der Waals surface area contributed by atoms with Gasteiger partial charge in [-0.05, 0) is 41.0 Å². The molecule has 0 nitrogen and oxygen atoms in total. The number of thiophene rings is 1. The SMILES string of the molecule is CCCc1ccc(C(Br)c2sccc2CC)cc1. The summed E-state index contributed by atoms with van der Waals surface area (Å²) in [6.45, 7) is 4.44. The molecule has 96 valence electrons. The summed E-state index contributed by atoms with van der Waals surface area (Å²) in [5, 5.41) is 2.19. The third kappa shape index (κ3) is 3.04. The van der Waals surface area contributed by atoms with E-state index in [0.29, 0.717) is 4.83 Å². The Labute approximate surface area is 122 Å². The van der Waals surface area contributed by atoms with E-state index in [1.165, 1.54) is 34.4 Å². The molecule has 1 unspecified atom stereocenters. The highest BCUT2D eigenvalue weighted by Crippen LogP contribution is 2.36. The number of benzene rings is 1. The highest BCUT2D eigenvalue weighted by Gasteiger charge is 2.14. The van der Waals surface area contributed by atoms with Crippen molar-refractivity contribution in [3.05, 3.63) is 57.3 Å². The molecule has 0 saturated carbocycles. The lowest BCUT2D eigenvalue weighted by Gasteiger charge is -2.11. The molecule has 1 aromatic heterocycles. The van der Waals surface area contributed by atoms with Crippen LogP contribution >= 0.6 is 27.3 Å². The lowest BCUT2D eigenvalue weighted by molar-refractivity contribution is 0.920. The number of halogens is 1. The molecule has 2 aromatic rings. The first kappa shape index (κ1) is 13.8. The molecule has 2 rings (SSSR count). The van der Waals surface area contributed by atoms with E-state index in [2.05, 4.69) is 65.5 Å². The van der Waals surface area contributed by atoms with Gasteiger partial charge in [0.15, 0.2) is 0 Å². The lowest BCUT2D eigenvalue weighted by Crippen LogP contribution is -1.94. The highest BCUT2D eigenvalue weighted by atomic mass is 79.9. The first-order chi connectivity index (χ1) is 8.76. The van der Waals surface area contributed by atoms with E-state index in [4.69, 9.17) is 0 Å². The summed E-state index contributed by atoms with van der Waals surface area (Å²) >= 11 is 5.68. The van der Waals surface area contributed by atoms with E-state index in [9.17, 15) is 0 Å². The highest BCUT2D eigenvalue weighted by molar-refractivity contribution is 9.09. The van der Waals surface area contributed by atoms with E-state index in [1.54, 1.807) is 0 Å². The molecule has 2 heteroatoms. The van der Waals surface area contributed by atoms with Crippen molar-refractivity contribution in [3.63, 3.8) is 0 Å². The van der Waals surface area contributed by atoms with E-state index in [1.807, 2.05) is 11.3 Å². The van der Waals surface area contributed by atoms with Crippen molar-refractivity contribution in [2.75, 3.05) is 0 Å². The van der Waals surface area contributed by atoms with Crippen LogP contribution in [0.5, 0.6) is 0 Å². The molecule has 1 atom stereocenters. The van der Waals surface area contributed by atoms with Crippen LogP contribution in [0.2, 0.25) is 0 Å². The summed E-state index contributed by atoms with van der Waals surface area (Å²) in [5.74, 6) is 0. The summed E-state index contributed by atoms with van der Waals surface area (Å²) in [6, 6.07) is 11.3. The van der Waals surface area contributed by atoms with E-state index in [-0.39, 0.29) is 0 Å². The molecule has 0 N–H and O–H groups in total. The topological polar surface area (TPSA) is 0 Å². The molecule has 0 aliphatic rings. The molecule has 0 aliphatic carbocycles. The Kier molecular flexibility index (Phi) is 5.02. The van der Waals surface area contributed by atoms with Gasteiger partial charge in [-0.15, -0.1) is 11.3 Å². The normalized spacial score (nSPS) is 12.6. The first-order valence-corrected chi connectivity index (χ1v) is 8.35. The minimum Gasteiger partial charge on any atom is -0.147 e. The number of aryl methyl sites for hydroxylation is 2. The van der Waals surface area contributed by atoms with Crippen molar-refractivity contribution in [2.24, 2.45) is 0 Å². The van der Waals surface area contributed by atoms with Crippen LogP contribution < -0.4 is 0 Å². The molecular weight excluding hydrogens is 304 g/mol. The van der Waals surface area contributed by atoms with E-state index >= 15 is 0 Å². The van der Waals surface area contributed by atoms with Gasteiger partial charge in [-0.2, -0.15) is 0 Å². The lowest BCUT2D eigenvalue weighted by atomic mass is 10.0. The first-order valence-electron chi connectivity index (χ1n) is 6.55. The van der Waals surface area contributed by atoms with E-state index < -0.39 is 0 Å². The van der Waals surface area contributed by atoms with Crippen molar-refractivity contribution in [1.29, 1.82) is 0 Å². The van der Waals surface area contributed by atoms with Crippen LogP contribution in [0.1, 0.15) is 46.7 Å². The molecule has 0 aliphatic heterocycles. The standard InChI is InChI=1S/C16H19BrS/c1-3-5-12-6-8-14(9-7-12)15(17)16-13(4-2)10-11-18-16/h6-11,15H,3-5H2,1-2H3. The van der Waals surface area contributed by atoms with Gasteiger partial charge in [-0.25, -0.2) is 0 Å². The maximum atomic E-state index is 3.84. The Balaban J connectivity index is 2.20. The van der Waals surface area contributed by atoms with Gasteiger partial charge in [-0.1, -0.05) is 60.5 Å². The van der Waals surface area contributed by atoms with Crippen molar-refractivity contribution < 1.29 is 0 Å². The van der Waals surface area contributed by atoms with Crippen LogP contribution in [0.25, 0.3) is 0 Å². The van der Waals surface area contributed by atoms with Crippen molar-refractivity contribution in [3.8, 4) is 0 Å². The molecule has 0 radical (unpaired) electrons. The molecule has 0 fully saturated rings. The third-order valence-electron chi connectivity index (χ3n) is 3.20. The second-order valence-corrected chi connectivity index (χ2v) is 6.38. The van der Waals surface area contributed by atoms with Gasteiger partial charge < -0.3 is 0 Å². The second kappa shape index (κ2) is 6.53. The van der Waals surface area contributed by atoms with Crippen LogP contribution in [-0.2, 0) is 12.8 Å². The van der Waals surface area contributed by atoms with Gasteiger partial charge >= 0.3 is 0 Å². The van der Waals surface area contributed by atoms with Gasteiger partial charge in [0.1, 0.15) is 0 Å². The number of hydrogen-bond donors (Lipinski definition) is 0. The smallest absolute Gasteiger partial charge is 0.0740 e. The molecular formula is C16H19BrS. The van der Waals surface area contributed by atoms with E-state index in [0.717, 1.165) is 6.42 Å². The summed E-state index contributed by atoms with van der Waals surface area (Å²) in [6.07, 6.45) is 3.49. The van der Waals surface area contributed by atoms with Gasteiger partial charge in [0.05, 0.1) is 4.83 Å². The second-order valence-electron chi connectivity index (χ2n) is 4.52. The number of alkyl halides is 1. The van der Waals surface area contributed by atoms with Crippen LogP contribution in [0.3, 0.4) is 0 Å². The van der Waals surface area contributed by atoms with Crippen molar-refractivity contribution >= 4 is 27.3 Å². The average Bonchev–Trinajstić information content (AvgIpc) is 2.87. The van der Waals surface area contributed by atoms with Crippen LogP contribution in [-0.4, -0.2) is 0 Å². The summed E-state index contributed by atoms with van der Waals surface area (Å²) in [4.78, 5) is 1.78. The summed E-state index contributed by atoms with van der Waals surface area (Å²) < 4.78 is 0. The largest absolute Gasteiger partial charge is 0.147 e.